The second-order valence-electron chi connectivity index (χ2n) is 5.85. The van der Waals surface area contributed by atoms with Crippen molar-refractivity contribution in [3.05, 3.63) is 16.1 Å². The molecule has 2 amide bonds. The predicted molar refractivity (Wildman–Crippen MR) is 84.5 cm³/mol. The summed E-state index contributed by atoms with van der Waals surface area (Å²) >= 11 is 1.62. The first-order valence-electron chi connectivity index (χ1n) is 7.73. The lowest BCUT2D eigenvalue weighted by atomic mass is 9.85. The third-order valence-corrected chi connectivity index (χ3v) is 5.04. The largest absolute Gasteiger partial charge is 0.388 e. The van der Waals surface area contributed by atoms with E-state index in [2.05, 4.69) is 22.5 Å². The van der Waals surface area contributed by atoms with Gasteiger partial charge in [-0.05, 0) is 26.2 Å². The van der Waals surface area contributed by atoms with Gasteiger partial charge in [-0.2, -0.15) is 0 Å². The molecule has 6 heteroatoms. The second kappa shape index (κ2) is 7.22. The fraction of sp³-hybridized carbons (Fsp3) is 0.733. The molecule has 1 aliphatic rings. The molecule has 1 unspecified atom stereocenters. The number of rotatable bonds is 5. The number of aliphatic hydroxyl groups is 1. The predicted octanol–water partition coefficient (Wildman–Crippen LogP) is 2.76. The Kier molecular flexibility index (Phi) is 5.58. The van der Waals surface area contributed by atoms with Gasteiger partial charge in [-0.15, -0.1) is 11.3 Å². The summed E-state index contributed by atoms with van der Waals surface area (Å²) in [5.41, 5.74) is 0.165. The van der Waals surface area contributed by atoms with Gasteiger partial charge in [0.2, 0.25) is 0 Å². The Hall–Kier alpha value is -1.14. The molecule has 118 valence electrons. The lowest BCUT2D eigenvalue weighted by Gasteiger charge is -2.32. The minimum Gasteiger partial charge on any atom is -0.388 e. The summed E-state index contributed by atoms with van der Waals surface area (Å²) in [5.74, 6) is 0. The normalized spacial score (nSPS) is 19.0. The van der Waals surface area contributed by atoms with Gasteiger partial charge in [0.25, 0.3) is 0 Å². The Labute approximate surface area is 130 Å². The van der Waals surface area contributed by atoms with Crippen LogP contribution in [0, 0.1) is 0 Å². The van der Waals surface area contributed by atoms with Crippen molar-refractivity contribution < 1.29 is 9.90 Å². The van der Waals surface area contributed by atoms with Crippen LogP contribution in [0.5, 0.6) is 0 Å². The van der Waals surface area contributed by atoms with E-state index in [4.69, 9.17) is 0 Å². The number of urea groups is 1. The van der Waals surface area contributed by atoms with E-state index in [-0.39, 0.29) is 12.1 Å². The highest BCUT2D eigenvalue weighted by molar-refractivity contribution is 7.09. The zero-order valence-corrected chi connectivity index (χ0v) is 13.6. The van der Waals surface area contributed by atoms with Gasteiger partial charge < -0.3 is 15.7 Å². The molecule has 0 saturated heterocycles. The van der Waals surface area contributed by atoms with E-state index in [1.54, 1.807) is 11.3 Å². The molecule has 1 aliphatic carbocycles. The number of thiazole rings is 1. The van der Waals surface area contributed by atoms with Gasteiger partial charge in [0, 0.05) is 11.9 Å². The van der Waals surface area contributed by atoms with Crippen LogP contribution in [-0.2, 0) is 6.42 Å². The third-order valence-electron chi connectivity index (χ3n) is 4.03. The van der Waals surface area contributed by atoms with E-state index < -0.39 is 5.60 Å². The molecular formula is C15H25N3O2S. The Balaban J connectivity index is 1.78. The molecule has 0 radical (unpaired) electrons. The standard InChI is InChI=1S/C15H25N3O2S/c1-3-13-18-12(9-21-13)11(2)17-14(19)16-10-15(20)7-5-4-6-8-15/h9,11,20H,3-8,10H2,1-2H3,(H2,16,17,19). The van der Waals surface area contributed by atoms with Gasteiger partial charge in [0.15, 0.2) is 0 Å². The minimum atomic E-state index is -0.727. The van der Waals surface area contributed by atoms with Crippen molar-refractivity contribution in [3.63, 3.8) is 0 Å². The zero-order chi connectivity index (χ0) is 15.3. The first kappa shape index (κ1) is 16.2. The van der Waals surface area contributed by atoms with Crippen LogP contribution in [0.4, 0.5) is 4.79 Å². The van der Waals surface area contributed by atoms with E-state index in [0.717, 1.165) is 42.8 Å². The SMILES string of the molecule is CCc1nc(C(C)NC(=O)NCC2(O)CCCCC2)cs1. The molecule has 0 aromatic carbocycles. The Morgan fingerprint density at radius 3 is 2.81 bits per heavy atom. The number of amides is 2. The number of aryl methyl sites for hydroxylation is 1. The van der Waals surface area contributed by atoms with Gasteiger partial charge in [-0.1, -0.05) is 26.2 Å². The molecule has 21 heavy (non-hydrogen) atoms. The van der Waals surface area contributed by atoms with Gasteiger partial charge in [-0.3, -0.25) is 0 Å². The van der Waals surface area contributed by atoms with Crippen LogP contribution in [0.1, 0.15) is 62.7 Å². The molecule has 1 aromatic heterocycles. The molecule has 2 rings (SSSR count). The Morgan fingerprint density at radius 1 is 1.48 bits per heavy atom. The molecule has 1 heterocycles. The van der Waals surface area contributed by atoms with Gasteiger partial charge >= 0.3 is 6.03 Å². The summed E-state index contributed by atoms with van der Waals surface area (Å²) in [6, 6.07) is -0.366. The number of nitrogens with zero attached hydrogens (tertiary/aromatic N) is 1. The summed E-state index contributed by atoms with van der Waals surface area (Å²) in [6.45, 7) is 4.31. The molecule has 0 bridgehead atoms. The van der Waals surface area contributed by atoms with Crippen LogP contribution in [-0.4, -0.2) is 28.3 Å². The number of nitrogens with one attached hydrogen (secondary N) is 2. The monoisotopic (exact) mass is 311 g/mol. The molecule has 0 spiro atoms. The topological polar surface area (TPSA) is 74.2 Å². The second-order valence-corrected chi connectivity index (χ2v) is 6.80. The summed E-state index contributed by atoms with van der Waals surface area (Å²) in [6.07, 6.45) is 5.71. The average Bonchev–Trinajstić information content (AvgIpc) is 2.95. The molecule has 1 aromatic rings. The van der Waals surface area contributed by atoms with Crippen LogP contribution < -0.4 is 10.6 Å². The van der Waals surface area contributed by atoms with Gasteiger partial charge in [0.05, 0.1) is 22.3 Å². The molecular weight excluding hydrogens is 286 g/mol. The maximum absolute atomic E-state index is 11.9. The van der Waals surface area contributed by atoms with E-state index in [1.807, 2.05) is 12.3 Å². The average molecular weight is 311 g/mol. The van der Waals surface area contributed by atoms with Crippen molar-refractivity contribution in [2.24, 2.45) is 0 Å². The highest BCUT2D eigenvalue weighted by Crippen LogP contribution is 2.27. The summed E-state index contributed by atoms with van der Waals surface area (Å²) < 4.78 is 0. The number of hydrogen-bond donors (Lipinski definition) is 3. The molecule has 5 nitrogen and oxygen atoms in total. The fourth-order valence-electron chi connectivity index (χ4n) is 2.64. The van der Waals surface area contributed by atoms with Crippen molar-refractivity contribution in [3.8, 4) is 0 Å². The Bertz CT molecular complexity index is 469. The molecule has 1 fully saturated rings. The highest BCUT2D eigenvalue weighted by atomic mass is 32.1. The molecule has 3 N–H and O–H groups in total. The van der Waals surface area contributed by atoms with E-state index in [9.17, 15) is 9.90 Å². The van der Waals surface area contributed by atoms with E-state index >= 15 is 0 Å². The molecule has 1 atom stereocenters. The van der Waals surface area contributed by atoms with Crippen LogP contribution in [0.3, 0.4) is 0 Å². The van der Waals surface area contributed by atoms with Crippen molar-refractivity contribution in [1.29, 1.82) is 0 Å². The summed E-state index contributed by atoms with van der Waals surface area (Å²) in [5, 5.41) is 19.1. The van der Waals surface area contributed by atoms with Crippen LogP contribution in [0.2, 0.25) is 0 Å². The Morgan fingerprint density at radius 2 is 2.19 bits per heavy atom. The smallest absolute Gasteiger partial charge is 0.315 e. The van der Waals surface area contributed by atoms with Gasteiger partial charge in [-0.25, -0.2) is 9.78 Å². The molecule has 0 aliphatic heterocycles. The molecule has 1 saturated carbocycles. The highest BCUT2D eigenvalue weighted by Gasteiger charge is 2.29. The number of hydrogen-bond acceptors (Lipinski definition) is 4. The van der Waals surface area contributed by atoms with Crippen LogP contribution in [0.25, 0.3) is 0 Å². The van der Waals surface area contributed by atoms with E-state index in [0.29, 0.717) is 6.54 Å². The number of carbonyl (C=O) groups excluding carboxylic acids is 1. The quantitative estimate of drug-likeness (QED) is 0.783. The maximum atomic E-state index is 11.9. The van der Waals surface area contributed by atoms with Crippen LogP contribution in [0.15, 0.2) is 5.38 Å². The van der Waals surface area contributed by atoms with Crippen molar-refractivity contribution >= 4 is 17.4 Å². The lowest BCUT2D eigenvalue weighted by molar-refractivity contribution is 0.00713. The van der Waals surface area contributed by atoms with Crippen molar-refractivity contribution in [2.75, 3.05) is 6.54 Å². The first-order chi connectivity index (χ1) is 10.0. The third kappa shape index (κ3) is 4.68. The minimum absolute atomic E-state index is 0.123. The summed E-state index contributed by atoms with van der Waals surface area (Å²) in [4.78, 5) is 16.4. The first-order valence-corrected chi connectivity index (χ1v) is 8.61. The number of aromatic nitrogens is 1. The zero-order valence-electron chi connectivity index (χ0n) is 12.8. The van der Waals surface area contributed by atoms with E-state index in [1.165, 1.54) is 6.42 Å². The van der Waals surface area contributed by atoms with Crippen molar-refractivity contribution in [2.45, 2.75) is 64.0 Å². The fourth-order valence-corrected chi connectivity index (χ4v) is 3.48. The number of carbonyl (C=O) groups is 1. The lowest BCUT2D eigenvalue weighted by Crippen LogP contribution is -2.47. The maximum Gasteiger partial charge on any atom is 0.315 e. The van der Waals surface area contributed by atoms with Crippen molar-refractivity contribution in [1.82, 2.24) is 15.6 Å². The summed E-state index contributed by atoms with van der Waals surface area (Å²) in [7, 11) is 0. The van der Waals surface area contributed by atoms with Crippen LogP contribution >= 0.6 is 11.3 Å². The van der Waals surface area contributed by atoms with Gasteiger partial charge in [0.1, 0.15) is 0 Å².